The molecule has 2 rings (SSSR count). The van der Waals surface area contributed by atoms with E-state index in [1.807, 2.05) is 12.1 Å². The molecule has 2 aromatic carbocycles. The first-order valence-corrected chi connectivity index (χ1v) is 9.46. The number of nitro benzene ring substituents is 1. The fraction of sp³-hybridized carbons (Fsp3) is 0.286. The molecular formula is C21H23N3O6. The highest BCUT2D eigenvalue weighted by atomic mass is 16.6. The van der Waals surface area contributed by atoms with Crippen LogP contribution in [0.3, 0.4) is 0 Å². The lowest BCUT2D eigenvalue weighted by atomic mass is 10.1. The van der Waals surface area contributed by atoms with Crippen molar-refractivity contribution in [2.45, 2.75) is 26.2 Å². The van der Waals surface area contributed by atoms with Crippen LogP contribution in [0.5, 0.6) is 0 Å². The van der Waals surface area contributed by atoms with Gasteiger partial charge < -0.3 is 15.4 Å². The Morgan fingerprint density at radius 2 is 1.83 bits per heavy atom. The second kappa shape index (κ2) is 11.3. The quantitative estimate of drug-likeness (QED) is 0.350. The Hall–Kier alpha value is -3.75. The van der Waals surface area contributed by atoms with Crippen molar-refractivity contribution in [2.75, 3.05) is 18.5 Å². The predicted molar refractivity (Wildman–Crippen MR) is 110 cm³/mol. The normalized spacial score (nSPS) is 10.2. The molecule has 0 spiro atoms. The molecule has 9 heteroatoms. The molecule has 2 N–H and O–H groups in total. The van der Waals surface area contributed by atoms with Gasteiger partial charge in [0.05, 0.1) is 4.92 Å². The van der Waals surface area contributed by atoms with Crippen molar-refractivity contribution in [3.05, 3.63) is 69.8 Å². The molecule has 0 aliphatic rings. The van der Waals surface area contributed by atoms with Crippen LogP contribution in [0.2, 0.25) is 0 Å². The van der Waals surface area contributed by atoms with E-state index in [-0.39, 0.29) is 11.3 Å². The molecule has 2 amide bonds. The Kier molecular flexibility index (Phi) is 8.49. The highest BCUT2D eigenvalue weighted by molar-refractivity contribution is 5.97. The fourth-order valence-electron chi connectivity index (χ4n) is 2.55. The second-order valence-electron chi connectivity index (χ2n) is 6.50. The lowest BCUT2D eigenvalue weighted by Crippen LogP contribution is -2.32. The van der Waals surface area contributed by atoms with Crippen molar-refractivity contribution >= 4 is 29.2 Å². The maximum atomic E-state index is 12.0. The number of carbonyl (C=O) groups is 3. The number of non-ortho nitro benzene ring substituents is 1. The van der Waals surface area contributed by atoms with Gasteiger partial charge in [0.2, 0.25) is 0 Å². The molecule has 2 aromatic rings. The Morgan fingerprint density at radius 3 is 2.50 bits per heavy atom. The predicted octanol–water partition coefficient (Wildman–Crippen LogP) is 2.85. The van der Waals surface area contributed by atoms with E-state index in [1.165, 1.54) is 23.8 Å². The number of anilines is 1. The molecular weight excluding hydrogens is 390 g/mol. The number of nitrogens with zero attached hydrogens (tertiary/aromatic N) is 1. The van der Waals surface area contributed by atoms with Gasteiger partial charge in [0.15, 0.2) is 6.61 Å². The van der Waals surface area contributed by atoms with Crippen molar-refractivity contribution < 1.29 is 24.0 Å². The van der Waals surface area contributed by atoms with Crippen molar-refractivity contribution in [1.82, 2.24) is 5.32 Å². The summed E-state index contributed by atoms with van der Waals surface area (Å²) in [6, 6.07) is 12.5. The minimum atomic E-state index is -0.807. The third-order valence-corrected chi connectivity index (χ3v) is 4.13. The zero-order chi connectivity index (χ0) is 21.9. The van der Waals surface area contributed by atoms with Crippen LogP contribution in [-0.2, 0) is 20.7 Å². The molecule has 0 bridgehead atoms. The van der Waals surface area contributed by atoms with Gasteiger partial charge in [0.1, 0.15) is 6.54 Å². The van der Waals surface area contributed by atoms with Crippen LogP contribution < -0.4 is 10.6 Å². The topological polar surface area (TPSA) is 128 Å². The molecule has 9 nitrogen and oxygen atoms in total. The van der Waals surface area contributed by atoms with Crippen LogP contribution in [0.4, 0.5) is 11.4 Å². The van der Waals surface area contributed by atoms with E-state index in [0.29, 0.717) is 5.69 Å². The lowest BCUT2D eigenvalue weighted by Gasteiger charge is -2.08. The number of ether oxygens (including phenoxy) is 1. The highest BCUT2D eigenvalue weighted by Gasteiger charge is 2.14. The van der Waals surface area contributed by atoms with Crippen LogP contribution >= 0.6 is 0 Å². The monoisotopic (exact) mass is 413 g/mol. The minimum Gasteiger partial charge on any atom is -0.454 e. The number of hydrogen-bond acceptors (Lipinski definition) is 6. The molecule has 0 unspecified atom stereocenters. The van der Waals surface area contributed by atoms with Crippen molar-refractivity contribution in [2.24, 2.45) is 0 Å². The van der Waals surface area contributed by atoms with Gasteiger partial charge in [-0.3, -0.25) is 24.5 Å². The standard InChI is InChI=1S/C21H23N3O6/c1-2-3-5-15-8-10-17(11-9-15)23-19(25)14-30-20(26)13-22-21(27)16-6-4-7-18(12-16)24(28)29/h4,6-12H,2-3,5,13-14H2,1H3,(H,22,27)(H,23,25). The molecule has 0 saturated carbocycles. The summed E-state index contributed by atoms with van der Waals surface area (Å²) in [5, 5.41) is 15.7. The van der Waals surface area contributed by atoms with Gasteiger partial charge in [0, 0.05) is 23.4 Å². The first kappa shape index (κ1) is 22.5. The number of rotatable bonds is 10. The number of carbonyl (C=O) groups excluding carboxylic acids is 3. The maximum Gasteiger partial charge on any atom is 0.325 e. The second-order valence-corrected chi connectivity index (χ2v) is 6.50. The average Bonchev–Trinajstić information content (AvgIpc) is 2.75. The third-order valence-electron chi connectivity index (χ3n) is 4.13. The summed E-state index contributed by atoms with van der Waals surface area (Å²) in [5.41, 5.74) is 1.58. The van der Waals surface area contributed by atoms with Crippen molar-refractivity contribution in [3.63, 3.8) is 0 Å². The number of amides is 2. The van der Waals surface area contributed by atoms with E-state index in [0.717, 1.165) is 25.3 Å². The van der Waals surface area contributed by atoms with Crippen molar-refractivity contribution in [3.8, 4) is 0 Å². The summed E-state index contributed by atoms with van der Waals surface area (Å²) in [4.78, 5) is 45.7. The summed E-state index contributed by atoms with van der Waals surface area (Å²) in [7, 11) is 0. The molecule has 0 saturated heterocycles. The average molecular weight is 413 g/mol. The van der Waals surface area contributed by atoms with Gasteiger partial charge >= 0.3 is 5.97 Å². The van der Waals surface area contributed by atoms with E-state index in [1.54, 1.807) is 12.1 Å². The van der Waals surface area contributed by atoms with Crippen LogP contribution in [-0.4, -0.2) is 35.9 Å². The summed E-state index contributed by atoms with van der Waals surface area (Å²) < 4.78 is 4.83. The zero-order valence-corrected chi connectivity index (χ0v) is 16.6. The summed E-state index contributed by atoms with van der Waals surface area (Å²) in [6.07, 6.45) is 3.18. The van der Waals surface area contributed by atoms with Crippen LogP contribution in [0.1, 0.15) is 35.7 Å². The van der Waals surface area contributed by atoms with E-state index < -0.39 is 35.9 Å². The minimum absolute atomic E-state index is 0.0390. The summed E-state index contributed by atoms with van der Waals surface area (Å²) in [6.45, 7) is 1.15. The summed E-state index contributed by atoms with van der Waals surface area (Å²) >= 11 is 0. The number of nitro groups is 1. The fourth-order valence-corrected chi connectivity index (χ4v) is 2.55. The van der Waals surface area contributed by atoms with E-state index in [9.17, 15) is 24.5 Å². The Labute approximate surface area is 173 Å². The molecule has 0 radical (unpaired) electrons. The van der Waals surface area contributed by atoms with Gasteiger partial charge in [-0.2, -0.15) is 0 Å². The van der Waals surface area contributed by atoms with Crippen LogP contribution in [0.25, 0.3) is 0 Å². The number of esters is 1. The largest absolute Gasteiger partial charge is 0.454 e. The molecule has 158 valence electrons. The van der Waals surface area contributed by atoms with Gasteiger partial charge in [-0.15, -0.1) is 0 Å². The maximum absolute atomic E-state index is 12.0. The van der Waals surface area contributed by atoms with Crippen molar-refractivity contribution in [1.29, 1.82) is 0 Å². The molecule has 0 fully saturated rings. The first-order chi connectivity index (χ1) is 14.4. The van der Waals surface area contributed by atoms with E-state index >= 15 is 0 Å². The molecule has 30 heavy (non-hydrogen) atoms. The van der Waals surface area contributed by atoms with Gasteiger partial charge in [-0.05, 0) is 36.6 Å². The number of hydrogen-bond donors (Lipinski definition) is 2. The highest BCUT2D eigenvalue weighted by Crippen LogP contribution is 2.13. The first-order valence-electron chi connectivity index (χ1n) is 9.46. The van der Waals surface area contributed by atoms with Gasteiger partial charge in [-0.1, -0.05) is 31.5 Å². The molecule has 0 aliphatic carbocycles. The Balaban J connectivity index is 1.73. The molecule has 0 atom stereocenters. The number of benzene rings is 2. The molecule has 0 aliphatic heterocycles. The van der Waals surface area contributed by atoms with E-state index in [2.05, 4.69) is 17.6 Å². The van der Waals surface area contributed by atoms with Gasteiger partial charge in [-0.25, -0.2) is 0 Å². The van der Waals surface area contributed by atoms with Crippen LogP contribution in [0, 0.1) is 10.1 Å². The number of aryl methyl sites for hydroxylation is 1. The lowest BCUT2D eigenvalue weighted by molar-refractivity contribution is -0.384. The van der Waals surface area contributed by atoms with Crippen LogP contribution in [0.15, 0.2) is 48.5 Å². The van der Waals surface area contributed by atoms with Gasteiger partial charge in [0.25, 0.3) is 17.5 Å². The summed E-state index contributed by atoms with van der Waals surface area (Å²) in [5.74, 6) is -1.98. The number of nitrogens with one attached hydrogen (secondary N) is 2. The zero-order valence-electron chi connectivity index (χ0n) is 16.6. The number of unbranched alkanes of at least 4 members (excludes halogenated alkanes) is 1. The Bertz CT molecular complexity index is 911. The molecule has 0 heterocycles. The van der Waals surface area contributed by atoms with E-state index in [4.69, 9.17) is 4.74 Å². The SMILES string of the molecule is CCCCc1ccc(NC(=O)COC(=O)CNC(=O)c2cccc([N+](=O)[O-])c2)cc1. The third kappa shape index (κ3) is 7.34. The smallest absolute Gasteiger partial charge is 0.325 e. The molecule has 0 aromatic heterocycles. The Morgan fingerprint density at radius 1 is 1.10 bits per heavy atom.